The normalized spacial score (nSPS) is 11.7. The first-order valence-electron chi connectivity index (χ1n) is 7.72. The molecule has 0 bridgehead atoms. The van der Waals surface area contributed by atoms with Crippen LogP contribution < -0.4 is 10.6 Å². The van der Waals surface area contributed by atoms with Gasteiger partial charge in [-0.3, -0.25) is 4.99 Å². The van der Waals surface area contributed by atoms with Crippen LogP contribution in [-0.4, -0.2) is 29.3 Å². The summed E-state index contributed by atoms with van der Waals surface area (Å²) in [6.45, 7) is 6.13. The molecule has 0 amide bonds. The van der Waals surface area contributed by atoms with E-state index in [2.05, 4.69) is 58.8 Å². The molecule has 0 saturated carbocycles. The number of aliphatic imine (C=N–C) groups is 1. The summed E-state index contributed by atoms with van der Waals surface area (Å²) < 4.78 is 1.85. The van der Waals surface area contributed by atoms with Crippen LogP contribution in [0.15, 0.2) is 47.7 Å². The van der Waals surface area contributed by atoms with Crippen molar-refractivity contribution >= 4 is 5.96 Å². The van der Waals surface area contributed by atoms with E-state index in [-0.39, 0.29) is 0 Å². The lowest BCUT2D eigenvalue weighted by molar-refractivity contribution is 0.573. The number of hydrogen-bond donors (Lipinski definition) is 2. The lowest BCUT2D eigenvalue weighted by Crippen LogP contribution is -2.37. The number of rotatable bonds is 6. The van der Waals surface area contributed by atoms with E-state index < -0.39 is 0 Å². The van der Waals surface area contributed by atoms with E-state index in [0.717, 1.165) is 31.2 Å². The summed E-state index contributed by atoms with van der Waals surface area (Å²) >= 11 is 0. The third-order valence-electron chi connectivity index (χ3n) is 3.40. The van der Waals surface area contributed by atoms with Gasteiger partial charge in [-0.1, -0.05) is 26.0 Å². The fourth-order valence-corrected chi connectivity index (χ4v) is 2.07. The van der Waals surface area contributed by atoms with Crippen LogP contribution in [0.5, 0.6) is 0 Å². The van der Waals surface area contributed by atoms with E-state index in [0.29, 0.717) is 5.92 Å². The van der Waals surface area contributed by atoms with Crippen LogP contribution >= 0.6 is 0 Å². The van der Waals surface area contributed by atoms with Crippen LogP contribution in [0, 0.1) is 5.92 Å². The van der Waals surface area contributed by atoms with Crippen molar-refractivity contribution in [3.8, 4) is 5.69 Å². The van der Waals surface area contributed by atoms with E-state index in [9.17, 15) is 0 Å². The van der Waals surface area contributed by atoms with Gasteiger partial charge in [-0.15, -0.1) is 0 Å². The highest BCUT2D eigenvalue weighted by molar-refractivity contribution is 5.79. The first-order valence-corrected chi connectivity index (χ1v) is 7.72. The molecule has 1 heterocycles. The zero-order valence-electron chi connectivity index (χ0n) is 13.6. The summed E-state index contributed by atoms with van der Waals surface area (Å²) in [5.41, 5.74) is 2.27. The Morgan fingerprint density at radius 1 is 1.23 bits per heavy atom. The Morgan fingerprint density at radius 3 is 2.59 bits per heavy atom. The van der Waals surface area contributed by atoms with Gasteiger partial charge in [0.1, 0.15) is 0 Å². The molecule has 0 atom stereocenters. The number of benzene rings is 1. The highest BCUT2D eigenvalue weighted by atomic mass is 15.3. The van der Waals surface area contributed by atoms with Crippen LogP contribution in [0.2, 0.25) is 0 Å². The summed E-state index contributed by atoms with van der Waals surface area (Å²) in [5, 5.41) is 10.9. The zero-order valence-corrected chi connectivity index (χ0v) is 13.6. The van der Waals surface area contributed by atoms with Crippen molar-refractivity contribution in [1.82, 2.24) is 20.4 Å². The average Bonchev–Trinajstić information content (AvgIpc) is 3.05. The largest absolute Gasteiger partial charge is 0.356 e. The second-order valence-electron chi connectivity index (χ2n) is 5.65. The van der Waals surface area contributed by atoms with Gasteiger partial charge in [-0.2, -0.15) is 5.10 Å². The third kappa shape index (κ3) is 4.91. The Bertz CT molecular complexity index is 570. The number of guanidine groups is 1. The summed E-state index contributed by atoms with van der Waals surface area (Å²) in [4.78, 5) is 4.24. The van der Waals surface area contributed by atoms with Crippen molar-refractivity contribution in [2.45, 2.75) is 26.8 Å². The van der Waals surface area contributed by atoms with E-state index in [4.69, 9.17) is 0 Å². The van der Waals surface area contributed by atoms with Gasteiger partial charge in [-0.25, -0.2) is 4.68 Å². The lowest BCUT2D eigenvalue weighted by atomic mass is 10.1. The van der Waals surface area contributed by atoms with Crippen molar-refractivity contribution in [2.24, 2.45) is 10.9 Å². The zero-order chi connectivity index (χ0) is 15.8. The second kappa shape index (κ2) is 8.22. The van der Waals surface area contributed by atoms with Gasteiger partial charge in [0, 0.05) is 32.5 Å². The van der Waals surface area contributed by atoms with Crippen molar-refractivity contribution in [2.75, 3.05) is 13.6 Å². The van der Waals surface area contributed by atoms with Gasteiger partial charge >= 0.3 is 0 Å². The SMILES string of the molecule is CN=C(NCCC(C)C)NCc1ccc(-n2cccn2)cc1. The smallest absolute Gasteiger partial charge is 0.191 e. The summed E-state index contributed by atoms with van der Waals surface area (Å²) in [6.07, 6.45) is 4.86. The first-order chi connectivity index (χ1) is 10.7. The minimum atomic E-state index is 0.695. The van der Waals surface area contributed by atoms with E-state index in [1.807, 2.05) is 16.9 Å². The Labute approximate surface area is 132 Å². The molecule has 2 aromatic rings. The molecule has 0 radical (unpaired) electrons. The molecule has 0 saturated heterocycles. The molecule has 1 aromatic carbocycles. The summed E-state index contributed by atoms with van der Waals surface area (Å²) in [6, 6.07) is 10.3. The maximum Gasteiger partial charge on any atom is 0.191 e. The maximum atomic E-state index is 4.24. The van der Waals surface area contributed by atoms with Crippen molar-refractivity contribution in [3.05, 3.63) is 48.3 Å². The fourth-order valence-electron chi connectivity index (χ4n) is 2.07. The van der Waals surface area contributed by atoms with Gasteiger partial charge in [0.15, 0.2) is 5.96 Å². The molecule has 0 aliphatic rings. The van der Waals surface area contributed by atoms with Crippen LogP contribution in [-0.2, 0) is 6.54 Å². The predicted octanol–water partition coefficient (Wildman–Crippen LogP) is 2.58. The van der Waals surface area contributed by atoms with Gasteiger partial charge < -0.3 is 10.6 Å². The third-order valence-corrected chi connectivity index (χ3v) is 3.40. The number of nitrogens with zero attached hydrogens (tertiary/aromatic N) is 3. The van der Waals surface area contributed by atoms with E-state index >= 15 is 0 Å². The number of aromatic nitrogens is 2. The van der Waals surface area contributed by atoms with E-state index in [1.54, 1.807) is 13.2 Å². The first kappa shape index (κ1) is 16.1. The molecule has 0 spiro atoms. The van der Waals surface area contributed by atoms with Gasteiger partial charge in [0.25, 0.3) is 0 Å². The minimum absolute atomic E-state index is 0.695. The molecular weight excluding hydrogens is 274 g/mol. The fraction of sp³-hybridized carbons (Fsp3) is 0.412. The lowest BCUT2D eigenvalue weighted by Gasteiger charge is -2.13. The van der Waals surface area contributed by atoms with E-state index in [1.165, 1.54) is 5.56 Å². The Balaban J connectivity index is 1.83. The minimum Gasteiger partial charge on any atom is -0.356 e. The molecule has 2 N–H and O–H groups in total. The van der Waals surface area contributed by atoms with Gasteiger partial charge in [0.2, 0.25) is 0 Å². The van der Waals surface area contributed by atoms with Crippen molar-refractivity contribution in [1.29, 1.82) is 0 Å². The molecule has 0 aliphatic heterocycles. The summed E-state index contributed by atoms with van der Waals surface area (Å²) in [5.74, 6) is 1.54. The highest BCUT2D eigenvalue weighted by Gasteiger charge is 2.00. The van der Waals surface area contributed by atoms with Gasteiger partial charge in [0.05, 0.1) is 5.69 Å². The number of nitrogens with one attached hydrogen (secondary N) is 2. The molecular formula is C17H25N5. The topological polar surface area (TPSA) is 54.2 Å². The quantitative estimate of drug-likeness (QED) is 0.637. The summed E-state index contributed by atoms with van der Waals surface area (Å²) in [7, 11) is 1.80. The van der Waals surface area contributed by atoms with Crippen LogP contribution in [0.3, 0.4) is 0 Å². The van der Waals surface area contributed by atoms with Crippen LogP contribution in [0.25, 0.3) is 5.69 Å². The number of hydrogen-bond acceptors (Lipinski definition) is 2. The molecule has 1 aromatic heterocycles. The molecule has 22 heavy (non-hydrogen) atoms. The molecule has 2 rings (SSSR count). The Morgan fingerprint density at radius 2 is 2.00 bits per heavy atom. The molecule has 0 fully saturated rings. The molecule has 0 unspecified atom stereocenters. The Kier molecular flexibility index (Phi) is 6.01. The maximum absolute atomic E-state index is 4.24. The van der Waals surface area contributed by atoms with Crippen LogP contribution in [0.4, 0.5) is 0 Å². The molecule has 118 valence electrons. The Hall–Kier alpha value is -2.30. The monoisotopic (exact) mass is 299 g/mol. The standard InChI is InChI=1S/C17H25N5/c1-14(2)9-11-19-17(18-3)20-13-15-5-7-16(8-6-15)22-12-4-10-21-22/h4-8,10,12,14H,9,11,13H2,1-3H3,(H2,18,19,20). The molecule has 5 heteroatoms. The molecule has 0 aliphatic carbocycles. The molecule has 5 nitrogen and oxygen atoms in total. The van der Waals surface area contributed by atoms with Gasteiger partial charge in [-0.05, 0) is 36.1 Å². The highest BCUT2D eigenvalue weighted by Crippen LogP contribution is 2.08. The average molecular weight is 299 g/mol. The van der Waals surface area contributed by atoms with Crippen LogP contribution in [0.1, 0.15) is 25.8 Å². The predicted molar refractivity (Wildman–Crippen MR) is 91.2 cm³/mol. The second-order valence-corrected chi connectivity index (χ2v) is 5.65. The van der Waals surface area contributed by atoms with Crippen molar-refractivity contribution in [3.63, 3.8) is 0 Å². The van der Waals surface area contributed by atoms with Crippen molar-refractivity contribution < 1.29 is 0 Å².